The van der Waals surface area contributed by atoms with E-state index < -0.39 is 0 Å². The molecule has 24 heavy (non-hydrogen) atoms. The Balaban J connectivity index is 1.90. The van der Waals surface area contributed by atoms with Crippen LogP contribution in [0.4, 0.5) is 0 Å². The third kappa shape index (κ3) is 3.84. The zero-order valence-corrected chi connectivity index (χ0v) is 15.6. The van der Waals surface area contributed by atoms with Gasteiger partial charge in [-0.2, -0.15) is 0 Å². The highest BCUT2D eigenvalue weighted by molar-refractivity contribution is 9.10. The van der Waals surface area contributed by atoms with Gasteiger partial charge in [-0.3, -0.25) is 4.79 Å². The number of Topliss-reactive ketones (excluding diaryl/α,β-unsaturated/α-hetero) is 1. The van der Waals surface area contributed by atoms with Crippen LogP contribution in [0.25, 0.3) is 10.4 Å². The van der Waals surface area contributed by atoms with Gasteiger partial charge in [0.15, 0.2) is 5.78 Å². The monoisotopic (exact) mass is 394 g/mol. The Labute approximate surface area is 154 Å². The van der Waals surface area contributed by atoms with Crippen LogP contribution in [0.2, 0.25) is 0 Å². The summed E-state index contributed by atoms with van der Waals surface area (Å²) in [5.41, 5.74) is 2.76. The molecule has 0 aliphatic rings. The van der Waals surface area contributed by atoms with Gasteiger partial charge in [0, 0.05) is 32.5 Å². The van der Waals surface area contributed by atoms with Crippen molar-refractivity contribution in [2.24, 2.45) is 0 Å². The molecule has 118 valence electrons. The largest absolute Gasteiger partial charge is 0.294 e. The maximum atomic E-state index is 12.1. The average Bonchev–Trinajstić information content (AvgIpc) is 3.09. The van der Waals surface area contributed by atoms with E-state index in [2.05, 4.69) is 27.8 Å². The molecule has 0 N–H and O–H groups in total. The second kappa shape index (κ2) is 7.61. The van der Waals surface area contributed by atoms with Gasteiger partial charge in [0.2, 0.25) is 0 Å². The zero-order valence-electron chi connectivity index (χ0n) is 13.2. The number of halogens is 1. The lowest BCUT2D eigenvalue weighted by atomic mass is 10.0. The molecule has 0 aliphatic carbocycles. The van der Waals surface area contributed by atoms with Crippen molar-refractivity contribution in [3.05, 3.63) is 81.1 Å². The van der Waals surface area contributed by atoms with Crippen LogP contribution in [0.5, 0.6) is 0 Å². The highest BCUT2D eigenvalue weighted by Gasteiger charge is 2.11. The molecule has 0 unspecified atom stereocenters. The summed E-state index contributed by atoms with van der Waals surface area (Å²) >= 11 is 5.04. The Morgan fingerprint density at radius 1 is 1.00 bits per heavy atom. The summed E-state index contributed by atoms with van der Waals surface area (Å²) < 4.78 is 1.05. The molecule has 0 radical (unpaired) electrons. The number of ketones is 1. The summed E-state index contributed by atoms with van der Waals surface area (Å²) in [7, 11) is 0. The Hall–Kier alpha value is -2.15. The minimum Gasteiger partial charge on any atom is -0.294 e. The van der Waals surface area contributed by atoms with Crippen LogP contribution in [0.15, 0.2) is 65.1 Å². The van der Waals surface area contributed by atoms with E-state index in [0.29, 0.717) is 6.42 Å². The van der Waals surface area contributed by atoms with Gasteiger partial charge in [-0.15, -0.1) is 11.3 Å². The summed E-state index contributed by atoms with van der Waals surface area (Å²) in [6.45, 7) is 1.89. The predicted octanol–water partition coefficient (Wildman–Crippen LogP) is 6.17. The Kier molecular flexibility index (Phi) is 5.30. The van der Waals surface area contributed by atoms with Gasteiger partial charge in [-0.25, -0.2) is 0 Å². The highest BCUT2D eigenvalue weighted by Crippen LogP contribution is 2.31. The first-order chi connectivity index (χ1) is 11.7. The van der Waals surface area contributed by atoms with E-state index in [1.54, 1.807) is 11.3 Å². The fourth-order valence-corrected chi connectivity index (χ4v) is 3.51. The number of hydrogen-bond acceptors (Lipinski definition) is 2. The lowest BCUT2D eigenvalue weighted by Crippen LogP contribution is -1.98. The van der Waals surface area contributed by atoms with Crippen molar-refractivity contribution >= 4 is 33.0 Å². The van der Waals surface area contributed by atoms with Crippen molar-refractivity contribution in [1.29, 1.82) is 0 Å². The van der Waals surface area contributed by atoms with E-state index >= 15 is 0 Å². The van der Waals surface area contributed by atoms with Gasteiger partial charge in [-0.05, 0) is 36.4 Å². The van der Waals surface area contributed by atoms with E-state index in [1.165, 1.54) is 0 Å². The lowest BCUT2D eigenvalue weighted by Gasteiger charge is -2.05. The topological polar surface area (TPSA) is 17.1 Å². The summed E-state index contributed by atoms with van der Waals surface area (Å²) in [5.74, 6) is 6.54. The van der Waals surface area contributed by atoms with Crippen molar-refractivity contribution in [2.75, 3.05) is 0 Å². The average molecular weight is 395 g/mol. The molecule has 3 heteroatoms. The van der Waals surface area contributed by atoms with Gasteiger partial charge < -0.3 is 0 Å². The van der Waals surface area contributed by atoms with Gasteiger partial charge in [0.05, 0.1) is 4.88 Å². The van der Waals surface area contributed by atoms with Crippen molar-refractivity contribution in [3.8, 4) is 22.3 Å². The molecule has 0 aliphatic heterocycles. The molecule has 0 amide bonds. The Bertz CT molecular complexity index is 926. The molecule has 0 saturated carbocycles. The van der Waals surface area contributed by atoms with Crippen LogP contribution in [0, 0.1) is 11.8 Å². The van der Waals surface area contributed by atoms with E-state index in [-0.39, 0.29) is 5.78 Å². The predicted molar refractivity (Wildman–Crippen MR) is 104 cm³/mol. The minimum atomic E-state index is 0.168. The van der Waals surface area contributed by atoms with Crippen LogP contribution < -0.4 is 0 Å². The van der Waals surface area contributed by atoms with Crippen molar-refractivity contribution in [2.45, 2.75) is 13.3 Å². The first-order valence-electron chi connectivity index (χ1n) is 7.67. The maximum absolute atomic E-state index is 12.1. The van der Waals surface area contributed by atoms with Crippen molar-refractivity contribution in [1.82, 2.24) is 0 Å². The molecule has 2 aromatic carbocycles. The normalized spacial score (nSPS) is 10.1. The van der Waals surface area contributed by atoms with E-state index in [9.17, 15) is 4.79 Å². The maximum Gasteiger partial charge on any atom is 0.163 e. The smallest absolute Gasteiger partial charge is 0.163 e. The fraction of sp³-hybridized carbons (Fsp3) is 0.0952. The van der Waals surface area contributed by atoms with Gasteiger partial charge in [0.25, 0.3) is 0 Å². The Morgan fingerprint density at radius 3 is 2.50 bits per heavy atom. The van der Waals surface area contributed by atoms with Crippen molar-refractivity contribution in [3.63, 3.8) is 0 Å². The van der Waals surface area contributed by atoms with Gasteiger partial charge in [-0.1, -0.05) is 59.0 Å². The molecule has 0 atom stereocenters. The van der Waals surface area contributed by atoms with E-state index in [0.717, 1.165) is 30.9 Å². The molecule has 0 fully saturated rings. The molecular weight excluding hydrogens is 380 g/mol. The van der Waals surface area contributed by atoms with E-state index in [4.69, 9.17) is 0 Å². The summed E-state index contributed by atoms with van der Waals surface area (Å²) in [5, 5.41) is 0. The minimum absolute atomic E-state index is 0.168. The highest BCUT2D eigenvalue weighted by atomic mass is 79.9. The number of thiophene rings is 1. The third-order valence-corrected chi connectivity index (χ3v) is 5.16. The van der Waals surface area contributed by atoms with Crippen LogP contribution in [-0.2, 0) is 0 Å². The molecule has 3 aromatic rings. The van der Waals surface area contributed by atoms with Crippen LogP contribution in [0.1, 0.15) is 34.1 Å². The fourth-order valence-electron chi connectivity index (χ4n) is 2.35. The first-order valence-corrected chi connectivity index (χ1v) is 9.28. The molecule has 3 rings (SSSR count). The second-order valence-electron chi connectivity index (χ2n) is 5.24. The summed E-state index contributed by atoms with van der Waals surface area (Å²) in [6, 6.07) is 19.8. The molecule has 1 aromatic heterocycles. The number of carbonyl (C=O) groups is 1. The molecule has 1 heterocycles. The molecule has 0 saturated heterocycles. The van der Waals surface area contributed by atoms with Gasteiger partial charge >= 0.3 is 0 Å². The summed E-state index contributed by atoms with van der Waals surface area (Å²) in [4.78, 5) is 14.2. The third-order valence-electron chi connectivity index (χ3n) is 3.59. The molecular formula is C21H15BrOS. The van der Waals surface area contributed by atoms with Crippen LogP contribution in [0.3, 0.4) is 0 Å². The second-order valence-corrected chi connectivity index (χ2v) is 7.24. The zero-order chi connectivity index (χ0) is 16.9. The SMILES string of the molecule is CCC(=O)c1ccccc1-c1ccc(C#Cc2ccc(Br)cc2)s1. The number of benzene rings is 2. The van der Waals surface area contributed by atoms with Crippen molar-refractivity contribution < 1.29 is 4.79 Å². The lowest BCUT2D eigenvalue weighted by molar-refractivity contribution is 0.0989. The number of carbonyl (C=O) groups excluding carboxylic acids is 1. The Morgan fingerprint density at radius 2 is 1.75 bits per heavy atom. The number of hydrogen-bond donors (Lipinski definition) is 0. The first kappa shape index (κ1) is 16.7. The quantitative estimate of drug-likeness (QED) is 0.383. The molecule has 0 spiro atoms. The van der Waals surface area contributed by atoms with Crippen LogP contribution in [-0.4, -0.2) is 5.78 Å². The standard InChI is InChI=1S/C21H15BrOS/c1-2-20(23)18-5-3-4-6-19(18)21-14-13-17(24-21)12-9-15-7-10-16(22)11-8-15/h3-8,10-11,13-14H,2H2,1H3. The number of rotatable bonds is 3. The molecule has 1 nitrogen and oxygen atoms in total. The summed E-state index contributed by atoms with van der Waals surface area (Å²) in [6.07, 6.45) is 0.513. The molecule has 0 bridgehead atoms. The van der Waals surface area contributed by atoms with Crippen LogP contribution >= 0.6 is 27.3 Å². The van der Waals surface area contributed by atoms with Gasteiger partial charge in [0.1, 0.15) is 0 Å². The van der Waals surface area contributed by atoms with E-state index in [1.807, 2.05) is 67.6 Å².